The molecule has 57 heavy (non-hydrogen) atoms. The molecule has 302 valence electrons. The van der Waals surface area contributed by atoms with Crippen LogP contribution in [-0.2, 0) is 24.1 Å². The highest BCUT2D eigenvalue weighted by Gasteiger charge is 2.47. The van der Waals surface area contributed by atoms with E-state index in [1.54, 1.807) is 18.8 Å². The maximum Gasteiger partial charge on any atom is 0.260 e. The van der Waals surface area contributed by atoms with Crippen LogP contribution in [0.3, 0.4) is 0 Å². The van der Waals surface area contributed by atoms with Gasteiger partial charge in [0.05, 0.1) is 38.9 Å². The van der Waals surface area contributed by atoms with E-state index in [9.17, 15) is 4.79 Å². The van der Waals surface area contributed by atoms with E-state index >= 15 is 0 Å². The van der Waals surface area contributed by atoms with Crippen LogP contribution in [0.1, 0.15) is 74.6 Å². The van der Waals surface area contributed by atoms with E-state index in [2.05, 4.69) is 44.5 Å². The first kappa shape index (κ1) is 42.2. The monoisotopic (exact) mass is 793 g/mol. The second-order valence-electron chi connectivity index (χ2n) is 15.0. The van der Waals surface area contributed by atoms with Gasteiger partial charge in [0, 0.05) is 31.1 Å². The van der Waals surface area contributed by atoms with Crippen LogP contribution in [0.2, 0.25) is 0 Å². The zero-order valence-electron chi connectivity index (χ0n) is 34.3. The van der Waals surface area contributed by atoms with Crippen molar-refractivity contribution >= 4 is 25.5 Å². The first-order valence-electron chi connectivity index (χ1n) is 19.6. The number of rotatable bonds is 18. The molecule has 1 fully saturated rings. The zero-order valence-corrected chi connectivity index (χ0v) is 35.2. The first-order chi connectivity index (χ1) is 27.5. The van der Waals surface area contributed by atoms with Crippen LogP contribution in [0.15, 0.2) is 108 Å². The number of methoxy groups -OCH3 is 2. The van der Waals surface area contributed by atoms with Gasteiger partial charge in [-0.25, -0.2) is 4.67 Å². The fraction of sp³-hybridized carbons (Fsp3) is 0.391. The van der Waals surface area contributed by atoms with Crippen LogP contribution in [-0.4, -0.2) is 67.2 Å². The summed E-state index contributed by atoms with van der Waals surface area (Å²) in [5.74, 6) is 1.45. The van der Waals surface area contributed by atoms with Crippen molar-refractivity contribution < 1.29 is 28.0 Å². The van der Waals surface area contributed by atoms with E-state index in [0.29, 0.717) is 24.8 Å². The van der Waals surface area contributed by atoms with E-state index in [4.69, 9.17) is 33.4 Å². The molecule has 0 spiro atoms. The number of nitrogens with one attached hydrogen (secondary N) is 1. The summed E-state index contributed by atoms with van der Waals surface area (Å²) in [6.07, 6.45) is 2.22. The molecule has 0 radical (unpaired) electrons. The van der Waals surface area contributed by atoms with Gasteiger partial charge in [0.1, 0.15) is 29.4 Å². The number of nitrogens with zero attached hydrogens (tertiary/aromatic N) is 2. The number of hydrogen-bond donors (Lipinski definition) is 1. The largest absolute Gasteiger partial charge is 0.497 e. The van der Waals surface area contributed by atoms with E-state index < -0.39 is 32.6 Å². The molecule has 1 N–H and O–H groups in total. The van der Waals surface area contributed by atoms with Crippen molar-refractivity contribution in [2.45, 2.75) is 90.5 Å². The third-order valence-electron chi connectivity index (χ3n) is 10.4. The summed E-state index contributed by atoms with van der Waals surface area (Å²) < 4.78 is 42.8. The Labute approximate surface area is 338 Å². The topological polar surface area (TPSA) is 104 Å². The minimum atomic E-state index is -1.53. The van der Waals surface area contributed by atoms with Crippen molar-refractivity contribution in [2.75, 3.05) is 27.4 Å². The maximum absolute atomic E-state index is 14.3. The van der Waals surface area contributed by atoms with E-state index in [1.807, 2.05) is 105 Å². The standard InChI is InChI=1S/C46H56N3O7P/c1-31(2)49(32(3)4)57(53-26-12-24-47)54-30-42-41(29-43(55-42)48-25-23-35-28-33(5)27-34(6)44(35)45(48)50)56-46(36-13-10-9-11-14-36,37-15-19-39(51-7)20-16-37)38-17-21-40(52-8)22-18-38/h9-11,13-25,27-28,31-32,41-43,47H,12,26,29-30H2,1-8H3/t41?,42-,43-,57?/m1/s1. The van der Waals surface area contributed by atoms with Gasteiger partial charge >= 0.3 is 0 Å². The summed E-state index contributed by atoms with van der Waals surface area (Å²) >= 11 is 0. The molecule has 6 rings (SSSR count). The summed E-state index contributed by atoms with van der Waals surface area (Å²) in [6.45, 7) is 13.0. The minimum absolute atomic E-state index is 0.113. The lowest BCUT2D eigenvalue weighted by molar-refractivity contribution is -0.0973. The van der Waals surface area contributed by atoms with E-state index in [0.717, 1.165) is 44.7 Å². The predicted octanol–water partition coefficient (Wildman–Crippen LogP) is 9.72. The molecule has 11 heteroatoms. The maximum atomic E-state index is 14.3. The Balaban J connectivity index is 1.48. The molecular formula is C46H56N3O7P. The summed E-state index contributed by atoms with van der Waals surface area (Å²) in [6, 6.07) is 32.4. The number of aromatic nitrogens is 1. The van der Waals surface area contributed by atoms with Crippen LogP contribution < -0.4 is 15.0 Å². The normalized spacial score (nSPS) is 17.8. The number of ether oxygens (including phenoxy) is 4. The Morgan fingerprint density at radius 2 is 1.46 bits per heavy atom. The van der Waals surface area contributed by atoms with Crippen molar-refractivity contribution in [3.8, 4) is 11.5 Å². The number of benzene rings is 4. The lowest BCUT2D eigenvalue weighted by Crippen LogP contribution is -2.41. The Hall–Kier alpha value is -4.41. The van der Waals surface area contributed by atoms with Gasteiger partial charge in [-0.2, -0.15) is 0 Å². The van der Waals surface area contributed by atoms with Crippen LogP contribution >= 0.6 is 8.53 Å². The van der Waals surface area contributed by atoms with E-state index in [-0.39, 0.29) is 24.2 Å². The molecule has 10 nitrogen and oxygen atoms in total. The van der Waals surface area contributed by atoms with Crippen LogP contribution in [0.4, 0.5) is 0 Å². The highest BCUT2D eigenvalue weighted by Crippen LogP contribution is 2.49. The highest BCUT2D eigenvalue weighted by molar-refractivity contribution is 7.44. The second kappa shape index (κ2) is 18.9. The zero-order chi connectivity index (χ0) is 40.7. The summed E-state index contributed by atoms with van der Waals surface area (Å²) in [5, 5.41) is 9.17. The first-order valence-corrected chi connectivity index (χ1v) is 20.8. The molecule has 0 aliphatic carbocycles. The van der Waals surface area contributed by atoms with Crippen molar-refractivity contribution in [3.63, 3.8) is 0 Å². The number of pyridine rings is 1. The lowest BCUT2D eigenvalue weighted by atomic mass is 9.79. The van der Waals surface area contributed by atoms with E-state index in [1.165, 1.54) is 6.21 Å². The van der Waals surface area contributed by atoms with Gasteiger partial charge in [0.2, 0.25) is 0 Å². The molecule has 2 heterocycles. The Morgan fingerprint density at radius 3 is 2.02 bits per heavy atom. The molecule has 0 amide bonds. The van der Waals surface area contributed by atoms with Gasteiger partial charge in [-0.15, -0.1) is 0 Å². The molecule has 5 aromatic rings. The Bertz CT molecular complexity index is 2090. The fourth-order valence-corrected chi connectivity index (χ4v) is 9.51. The third kappa shape index (κ3) is 9.18. The summed E-state index contributed by atoms with van der Waals surface area (Å²) in [4.78, 5) is 14.3. The minimum Gasteiger partial charge on any atom is -0.497 e. The van der Waals surface area contributed by atoms with Crippen molar-refractivity contribution in [1.82, 2.24) is 9.24 Å². The van der Waals surface area contributed by atoms with Crippen molar-refractivity contribution in [2.24, 2.45) is 0 Å². The quantitative estimate of drug-likeness (QED) is 0.0405. The van der Waals surface area contributed by atoms with Crippen LogP contribution in [0.25, 0.3) is 10.8 Å². The summed E-state index contributed by atoms with van der Waals surface area (Å²) in [5.41, 5.74) is 3.48. The molecule has 1 aromatic heterocycles. The Kier molecular flexibility index (Phi) is 14.0. The molecule has 2 unspecified atom stereocenters. The SMILES string of the molecule is COc1ccc(C(OC2C[C@H](n3ccc4cc(C)cc(C)c4c3=O)O[C@@H]2COP(OCCC=N)N(C(C)C)C(C)C)(c2ccccc2)c2ccc(OC)cc2)cc1. The third-order valence-corrected chi connectivity index (χ3v) is 12.5. The molecule has 0 bridgehead atoms. The van der Waals surface area contributed by atoms with Gasteiger partial charge in [-0.3, -0.25) is 9.36 Å². The molecule has 4 aromatic carbocycles. The molecule has 1 aliphatic heterocycles. The highest BCUT2D eigenvalue weighted by atomic mass is 31.2. The van der Waals surface area contributed by atoms with Crippen LogP contribution in [0.5, 0.6) is 11.5 Å². The predicted molar refractivity (Wildman–Crippen MR) is 228 cm³/mol. The lowest BCUT2D eigenvalue weighted by Gasteiger charge is -2.40. The number of fused-ring (bicyclic) bond motifs is 1. The smallest absolute Gasteiger partial charge is 0.260 e. The molecular weight excluding hydrogens is 737 g/mol. The molecule has 4 atom stereocenters. The van der Waals surface area contributed by atoms with Crippen LogP contribution in [0, 0.1) is 19.3 Å². The van der Waals surface area contributed by atoms with Crippen molar-refractivity contribution in [3.05, 3.63) is 141 Å². The number of aryl methyl sites for hydroxylation is 2. The average molecular weight is 794 g/mol. The van der Waals surface area contributed by atoms with Crippen molar-refractivity contribution in [1.29, 1.82) is 5.41 Å². The molecule has 1 aliphatic rings. The number of hydrogen-bond acceptors (Lipinski definition) is 9. The average Bonchev–Trinajstić information content (AvgIpc) is 3.60. The Morgan fingerprint density at radius 1 is 0.860 bits per heavy atom. The summed E-state index contributed by atoms with van der Waals surface area (Å²) in [7, 11) is 1.77. The molecule has 0 saturated carbocycles. The van der Waals surface area contributed by atoms with Gasteiger partial charge in [0.15, 0.2) is 0 Å². The van der Waals surface area contributed by atoms with Gasteiger partial charge < -0.3 is 33.4 Å². The van der Waals surface area contributed by atoms with Gasteiger partial charge in [-0.05, 0) is 106 Å². The fourth-order valence-electron chi connectivity index (χ4n) is 7.88. The molecule has 1 saturated heterocycles. The second-order valence-corrected chi connectivity index (χ2v) is 16.5. The van der Waals surface area contributed by atoms with Gasteiger partial charge in [0.25, 0.3) is 14.1 Å². The van der Waals surface area contributed by atoms with Gasteiger partial charge in [-0.1, -0.05) is 72.3 Å².